The Morgan fingerprint density at radius 1 is 1.29 bits per heavy atom. The second-order valence-electron chi connectivity index (χ2n) is 7.60. The van der Waals surface area contributed by atoms with E-state index in [9.17, 15) is 13.6 Å². The summed E-state index contributed by atoms with van der Waals surface area (Å²) in [7, 11) is 0. The minimum Gasteiger partial charge on any atom is -0.298 e. The first-order valence-corrected chi connectivity index (χ1v) is 9.35. The average molecular weight is 349 g/mol. The minimum absolute atomic E-state index is 0.0326. The van der Waals surface area contributed by atoms with Crippen LogP contribution in [0.1, 0.15) is 42.8 Å². The molecule has 3 aliphatic heterocycles. The summed E-state index contributed by atoms with van der Waals surface area (Å²) in [6.45, 7) is 6.71. The van der Waals surface area contributed by atoms with E-state index in [0.717, 1.165) is 43.3 Å². The topological polar surface area (TPSA) is 20.3 Å². The number of piperidine rings is 3. The van der Waals surface area contributed by atoms with E-state index in [-0.39, 0.29) is 16.0 Å². The highest BCUT2D eigenvalue weighted by Gasteiger charge is 2.48. The number of fused-ring (bicyclic) bond motifs is 4. The number of Topliss-reactive ketones (excluding diaryl/α,β-unsaturated/α-hetero) is 1. The predicted octanol–water partition coefficient (Wildman–Crippen LogP) is 4.87. The number of hydrogen-bond acceptors (Lipinski definition) is 3. The van der Waals surface area contributed by atoms with Crippen molar-refractivity contribution in [2.24, 2.45) is 11.8 Å². The van der Waals surface area contributed by atoms with E-state index >= 15 is 0 Å². The fraction of sp³-hybridized carbons (Fsp3) is 0.526. The Morgan fingerprint density at radius 3 is 2.67 bits per heavy atom. The summed E-state index contributed by atoms with van der Waals surface area (Å²) in [6.07, 6.45) is 2.81. The molecule has 3 saturated heterocycles. The number of carbonyl (C=O) groups is 1. The van der Waals surface area contributed by atoms with Crippen LogP contribution in [0.25, 0.3) is 10.1 Å². The van der Waals surface area contributed by atoms with Crippen molar-refractivity contribution in [3.05, 3.63) is 34.7 Å². The standard InChI is InChI=1S/C19H21F2NOS/c1-19(2)13(11-5-7-22(19)8-6-11)10-15(23)16-9-12-3-4-14(20)17(21)18(12)24-16/h3-4,9,11,13H,5-8,10H2,1-2H3/t13-/m1/s1. The molecule has 0 N–H and O–H groups in total. The van der Waals surface area contributed by atoms with Crippen LogP contribution in [-0.4, -0.2) is 29.3 Å². The molecule has 0 unspecified atom stereocenters. The van der Waals surface area contributed by atoms with Crippen LogP contribution in [0, 0.1) is 23.5 Å². The lowest BCUT2D eigenvalue weighted by atomic mass is 9.65. The van der Waals surface area contributed by atoms with Gasteiger partial charge < -0.3 is 0 Å². The number of halogens is 2. The third-order valence-corrected chi connectivity index (χ3v) is 7.27. The summed E-state index contributed by atoms with van der Waals surface area (Å²) < 4.78 is 27.5. The second-order valence-corrected chi connectivity index (χ2v) is 8.65. The number of thiophene rings is 1. The van der Waals surface area contributed by atoms with Gasteiger partial charge in [0.1, 0.15) is 0 Å². The van der Waals surface area contributed by atoms with Crippen LogP contribution < -0.4 is 0 Å². The summed E-state index contributed by atoms with van der Waals surface area (Å²) in [5.74, 6) is -0.721. The fourth-order valence-corrected chi connectivity index (χ4v) is 5.62. The molecule has 2 aromatic rings. The molecule has 128 valence electrons. The fourth-order valence-electron chi connectivity index (χ4n) is 4.59. The molecule has 0 aliphatic carbocycles. The number of benzene rings is 1. The average Bonchev–Trinajstić information content (AvgIpc) is 3.00. The smallest absolute Gasteiger partial charge is 0.176 e. The van der Waals surface area contributed by atoms with Crippen LogP contribution in [0.5, 0.6) is 0 Å². The first-order valence-electron chi connectivity index (χ1n) is 8.53. The Balaban J connectivity index is 1.61. The van der Waals surface area contributed by atoms with Crippen molar-refractivity contribution >= 4 is 27.2 Å². The van der Waals surface area contributed by atoms with Crippen LogP contribution in [-0.2, 0) is 0 Å². The second kappa shape index (κ2) is 5.60. The van der Waals surface area contributed by atoms with Gasteiger partial charge in [0, 0.05) is 12.0 Å². The SMILES string of the molecule is CC1(C)[C@H](CC(=O)c2cc3ccc(F)c(F)c3s2)C2CCN1CC2. The maximum Gasteiger partial charge on any atom is 0.176 e. The molecule has 1 aromatic carbocycles. The van der Waals surface area contributed by atoms with Gasteiger partial charge in [-0.3, -0.25) is 9.69 Å². The summed E-state index contributed by atoms with van der Waals surface area (Å²) >= 11 is 1.08. The van der Waals surface area contributed by atoms with Crippen molar-refractivity contribution < 1.29 is 13.6 Å². The van der Waals surface area contributed by atoms with Crippen LogP contribution in [0.4, 0.5) is 8.78 Å². The Hall–Kier alpha value is -1.33. The molecule has 0 amide bonds. The van der Waals surface area contributed by atoms with Crippen molar-refractivity contribution in [1.82, 2.24) is 4.90 Å². The van der Waals surface area contributed by atoms with Crippen molar-refractivity contribution in [3.8, 4) is 0 Å². The van der Waals surface area contributed by atoms with Crippen molar-refractivity contribution in [2.75, 3.05) is 13.1 Å². The van der Waals surface area contributed by atoms with Gasteiger partial charge >= 0.3 is 0 Å². The van der Waals surface area contributed by atoms with Crippen LogP contribution in [0.2, 0.25) is 0 Å². The molecule has 5 rings (SSSR count). The van der Waals surface area contributed by atoms with Crippen LogP contribution in [0.3, 0.4) is 0 Å². The molecule has 0 spiro atoms. The molecule has 1 aromatic heterocycles. The number of ketones is 1. The quantitative estimate of drug-likeness (QED) is 0.737. The van der Waals surface area contributed by atoms with Gasteiger partial charge in [-0.2, -0.15) is 0 Å². The first-order chi connectivity index (χ1) is 11.4. The van der Waals surface area contributed by atoms with E-state index in [1.54, 1.807) is 12.1 Å². The molecule has 2 bridgehead atoms. The van der Waals surface area contributed by atoms with Gasteiger partial charge in [-0.15, -0.1) is 11.3 Å². The van der Waals surface area contributed by atoms with Gasteiger partial charge in [-0.05, 0) is 69.1 Å². The molecule has 2 nitrogen and oxygen atoms in total. The van der Waals surface area contributed by atoms with E-state index in [4.69, 9.17) is 0 Å². The van der Waals surface area contributed by atoms with E-state index in [1.807, 2.05) is 0 Å². The maximum absolute atomic E-state index is 13.9. The van der Waals surface area contributed by atoms with Crippen molar-refractivity contribution in [3.63, 3.8) is 0 Å². The summed E-state index contributed by atoms with van der Waals surface area (Å²) in [6, 6.07) is 4.37. The lowest BCUT2D eigenvalue weighted by Crippen LogP contribution is -2.61. The van der Waals surface area contributed by atoms with Gasteiger partial charge in [-0.25, -0.2) is 8.78 Å². The van der Waals surface area contributed by atoms with Crippen LogP contribution >= 0.6 is 11.3 Å². The Bertz CT molecular complexity index is 805. The van der Waals surface area contributed by atoms with Crippen molar-refractivity contribution in [2.45, 2.75) is 38.6 Å². The molecule has 3 fully saturated rings. The minimum atomic E-state index is -0.859. The lowest BCUT2D eigenvalue weighted by Gasteiger charge is -2.56. The van der Waals surface area contributed by atoms with Gasteiger partial charge in [0.2, 0.25) is 0 Å². The maximum atomic E-state index is 13.9. The van der Waals surface area contributed by atoms with E-state index < -0.39 is 11.6 Å². The monoisotopic (exact) mass is 349 g/mol. The number of carbonyl (C=O) groups excluding carboxylic acids is 1. The first kappa shape index (κ1) is 16.2. The molecule has 24 heavy (non-hydrogen) atoms. The molecule has 0 radical (unpaired) electrons. The van der Waals surface area contributed by atoms with Gasteiger partial charge in [0.25, 0.3) is 0 Å². The Kier molecular flexibility index (Phi) is 3.77. The zero-order valence-corrected chi connectivity index (χ0v) is 14.8. The highest BCUT2D eigenvalue weighted by molar-refractivity contribution is 7.20. The predicted molar refractivity (Wildman–Crippen MR) is 92.6 cm³/mol. The highest BCUT2D eigenvalue weighted by atomic mass is 32.1. The largest absolute Gasteiger partial charge is 0.298 e. The molecule has 0 saturated carbocycles. The molecule has 4 heterocycles. The summed E-state index contributed by atoms with van der Waals surface area (Å²) in [5.41, 5.74) is 0.0326. The van der Waals surface area contributed by atoms with E-state index in [2.05, 4.69) is 18.7 Å². The van der Waals surface area contributed by atoms with E-state index in [0.29, 0.717) is 28.5 Å². The Labute approximate surface area is 144 Å². The summed E-state index contributed by atoms with van der Waals surface area (Å²) in [4.78, 5) is 15.9. The zero-order chi connectivity index (χ0) is 17.1. The number of rotatable bonds is 3. The highest BCUT2D eigenvalue weighted by Crippen LogP contribution is 2.46. The Morgan fingerprint density at radius 2 is 2.00 bits per heavy atom. The van der Waals surface area contributed by atoms with Gasteiger partial charge in [0.15, 0.2) is 17.4 Å². The molecular formula is C19H21F2NOS. The number of nitrogens with zero attached hydrogens (tertiary/aromatic N) is 1. The van der Waals surface area contributed by atoms with Crippen molar-refractivity contribution in [1.29, 1.82) is 0 Å². The van der Waals surface area contributed by atoms with Gasteiger partial charge in [0.05, 0.1) is 9.58 Å². The van der Waals surface area contributed by atoms with Gasteiger partial charge in [-0.1, -0.05) is 6.07 Å². The third-order valence-electron chi connectivity index (χ3n) is 6.09. The normalized spacial score (nSPS) is 28.4. The summed E-state index contributed by atoms with van der Waals surface area (Å²) in [5, 5.41) is 0.607. The molecule has 5 heteroatoms. The number of hydrogen-bond donors (Lipinski definition) is 0. The molecular weight excluding hydrogens is 328 g/mol. The molecule has 3 aliphatic rings. The van der Waals surface area contributed by atoms with Crippen LogP contribution in [0.15, 0.2) is 18.2 Å². The lowest BCUT2D eigenvalue weighted by molar-refractivity contribution is -0.0643. The van der Waals surface area contributed by atoms with E-state index in [1.165, 1.54) is 0 Å². The third kappa shape index (κ3) is 2.40. The zero-order valence-electron chi connectivity index (χ0n) is 13.9. The molecule has 1 atom stereocenters.